The number of hydrogen-bond acceptors (Lipinski definition) is 4. The van der Waals surface area contributed by atoms with Gasteiger partial charge in [0, 0.05) is 26.0 Å². The maximum absolute atomic E-state index is 11.6. The Kier molecular flexibility index (Phi) is 3.53. The number of rotatable bonds is 5. The zero-order valence-electron chi connectivity index (χ0n) is 9.80. The van der Waals surface area contributed by atoms with E-state index in [1.54, 1.807) is 6.20 Å². The maximum atomic E-state index is 11.6. The van der Waals surface area contributed by atoms with E-state index in [9.17, 15) is 9.59 Å². The van der Waals surface area contributed by atoms with E-state index in [0.717, 1.165) is 13.0 Å². The summed E-state index contributed by atoms with van der Waals surface area (Å²) in [4.78, 5) is 24.0. The van der Waals surface area contributed by atoms with Gasteiger partial charge in [0.25, 0.3) is 0 Å². The van der Waals surface area contributed by atoms with Crippen LogP contribution in [-0.4, -0.2) is 46.1 Å². The number of carbonyl (C=O) groups is 2. The molecule has 1 aromatic heterocycles. The average Bonchev–Trinajstić information content (AvgIpc) is 2.90. The SMILES string of the molecule is CN1C(=O)CC(NCCCn2cccn2)C1=O. The third-order valence-corrected chi connectivity index (χ3v) is 2.90. The van der Waals surface area contributed by atoms with E-state index in [-0.39, 0.29) is 24.3 Å². The Morgan fingerprint density at radius 2 is 2.35 bits per heavy atom. The van der Waals surface area contributed by atoms with Crippen LogP contribution in [0.5, 0.6) is 0 Å². The lowest BCUT2D eigenvalue weighted by molar-refractivity contribution is -0.137. The van der Waals surface area contributed by atoms with E-state index < -0.39 is 0 Å². The Morgan fingerprint density at radius 3 is 2.94 bits per heavy atom. The lowest BCUT2D eigenvalue weighted by Gasteiger charge is -2.10. The molecular formula is C11H16N4O2. The van der Waals surface area contributed by atoms with Crippen LogP contribution in [0.15, 0.2) is 18.5 Å². The molecule has 0 spiro atoms. The number of hydrogen-bond donors (Lipinski definition) is 1. The van der Waals surface area contributed by atoms with Gasteiger partial charge in [0.1, 0.15) is 0 Å². The monoisotopic (exact) mass is 236 g/mol. The Hall–Kier alpha value is -1.69. The van der Waals surface area contributed by atoms with Crippen molar-refractivity contribution in [2.75, 3.05) is 13.6 Å². The largest absolute Gasteiger partial charge is 0.305 e. The predicted octanol–water partition coefficient (Wildman–Crippen LogP) is -0.380. The first-order chi connectivity index (χ1) is 8.18. The highest BCUT2D eigenvalue weighted by atomic mass is 16.2. The molecule has 1 unspecified atom stereocenters. The molecule has 2 amide bonds. The van der Waals surface area contributed by atoms with Gasteiger partial charge in [-0.25, -0.2) is 0 Å². The van der Waals surface area contributed by atoms with Gasteiger partial charge in [0.05, 0.1) is 12.5 Å². The highest BCUT2D eigenvalue weighted by molar-refractivity contribution is 6.05. The third-order valence-electron chi connectivity index (χ3n) is 2.90. The fraction of sp³-hybridized carbons (Fsp3) is 0.545. The van der Waals surface area contributed by atoms with Crippen LogP contribution in [0.4, 0.5) is 0 Å². The summed E-state index contributed by atoms with van der Waals surface area (Å²) in [6, 6.07) is 1.53. The average molecular weight is 236 g/mol. The van der Waals surface area contributed by atoms with Gasteiger partial charge in [-0.1, -0.05) is 0 Å². The standard InChI is InChI=1S/C11H16N4O2/c1-14-10(16)8-9(11(14)17)12-4-2-6-15-7-3-5-13-15/h3,5,7,9,12H,2,4,6,8H2,1H3. The number of aromatic nitrogens is 2. The summed E-state index contributed by atoms with van der Waals surface area (Å²) >= 11 is 0. The summed E-state index contributed by atoms with van der Waals surface area (Å²) in [6.07, 6.45) is 4.79. The van der Waals surface area contributed by atoms with E-state index in [4.69, 9.17) is 0 Å². The number of carbonyl (C=O) groups excluding carboxylic acids is 2. The van der Waals surface area contributed by atoms with Crippen molar-refractivity contribution in [3.8, 4) is 0 Å². The molecule has 1 fully saturated rings. The minimum absolute atomic E-state index is 0.112. The van der Waals surface area contributed by atoms with Crippen LogP contribution in [0.1, 0.15) is 12.8 Å². The molecule has 6 heteroatoms. The van der Waals surface area contributed by atoms with E-state index in [1.165, 1.54) is 11.9 Å². The van der Waals surface area contributed by atoms with E-state index >= 15 is 0 Å². The van der Waals surface area contributed by atoms with Crippen LogP contribution in [-0.2, 0) is 16.1 Å². The second kappa shape index (κ2) is 5.09. The Bertz CT molecular complexity index is 402. The highest BCUT2D eigenvalue weighted by Gasteiger charge is 2.35. The first-order valence-electron chi connectivity index (χ1n) is 5.69. The molecule has 92 valence electrons. The molecule has 0 aliphatic carbocycles. The van der Waals surface area contributed by atoms with Gasteiger partial charge >= 0.3 is 0 Å². The van der Waals surface area contributed by atoms with Crippen molar-refractivity contribution >= 4 is 11.8 Å². The molecule has 0 radical (unpaired) electrons. The molecule has 17 heavy (non-hydrogen) atoms. The summed E-state index contributed by atoms with van der Waals surface area (Å²) in [7, 11) is 1.52. The summed E-state index contributed by atoms with van der Waals surface area (Å²) in [5.41, 5.74) is 0. The van der Waals surface area contributed by atoms with Crippen LogP contribution >= 0.6 is 0 Å². The number of nitrogens with zero attached hydrogens (tertiary/aromatic N) is 3. The quantitative estimate of drug-likeness (QED) is 0.559. The second-order valence-electron chi connectivity index (χ2n) is 4.12. The molecule has 0 saturated carbocycles. The zero-order valence-corrected chi connectivity index (χ0v) is 9.80. The summed E-state index contributed by atoms with van der Waals surface area (Å²) in [6.45, 7) is 1.52. The lowest BCUT2D eigenvalue weighted by Crippen LogP contribution is -2.37. The molecule has 1 aliphatic heterocycles. The fourth-order valence-electron chi connectivity index (χ4n) is 1.87. The van der Waals surface area contributed by atoms with Crippen molar-refractivity contribution in [1.29, 1.82) is 0 Å². The van der Waals surface area contributed by atoms with Crippen molar-refractivity contribution in [2.24, 2.45) is 0 Å². The number of nitrogens with one attached hydrogen (secondary N) is 1. The molecule has 1 aromatic rings. The Morgan fingerprint density at radius 1 is 1.53 bits per heavy atom. The minimum Gasteiger partial charge on any atom is -0.305 e. The molecule has 2 heterocycles. The van der Waals surface area contributed by atoms with Gasteiger partial charge in [0.2, 0.25) is 11.8 Å². The maximum Gasteiger partial charge on any atom is 0.246 e. The highest BCUT2D eigenvalue weighted by Crippen LogP contribution is 2.10. The van der Waals surface area contributed by atoms with Crippen molar-refractivity contribution < 1.29 is 9.59 Å². The van der Waals surface area contributed by atoms with Crippen molar-refractivity contribution in [3.63, 3.8) is 0 Å². The molecule has 1 atom stereocenters. The topological polar surface area (TPSA) is 67.2 Å². The number of likely N-dealkylation sites (tertiary alicyclic amines) is 1. The number of imide groups is 1. The first-order valence-corrected chi connectivity index (χ1v) is 5.69. The summed E-state index contributed by atoms with van der Waals surface area (Å²) < 4.78 is 1.84. The normalized spacial score (nSPS) is 20.3. The molecular weight excluding hydrogens is 220 g/mol. The van der Waals surface area contributed by atoms with E-state index in [0.29, 0.717) is 6.54 Å². The van der Waals surface area contributed by atoms with E-state index in [2.05, 4.69) is 10.4 Å². The number of likely N-dealkylation sites (N-methyl/N-ethyl adjacent to an activating group) is 1. The van der Waals surface area contributed by atoms with Crippen LogP contribution in [0.3, 0.4) is 0 Å². The van der Waals surface area contributed by atoms with Crippen LogP contribution in [0, 0.1) is 0 Å². The predicted molar refractivity (Wildman–Crippen MR) is 61.0 cm³/mol. The molecule has 0 aromatic carbocycles. The zero-order chi connectivity index (χ0) is 12.3. The fourth-order valence-corrected chi connectivity index (χ4v) is 1.87. The lowest BCUT2D eigenvalue weighted by atomic mass is 10.2. The Balaban J connectivity index is 1.69. The summed E-state index contributed by atoms with van der Waals surface area (Å²) in [5.74, 6) is -0.242. The van der Waals surface area contributed by atoms with Gasteiger partial charge in [-0.2, -0.15) is 5.10 Å². The first kappa shape index (κ1) is 11.8. The summed E-state index contributed by atoms with van der Waals surface area (Å²) in [5, 5.41) is 7.19. The van der Waals surface area contributed by atoms with Crippen LogP contribution < -0.4 is 5.32 Å². The number of aryl methyl sites for hydroxylation is 1. The van der Waals surface area contributed by atoms with Gasteiger partial charge < -0.3 is 5.32 Å². The number of amides is 2. The molecule has 1 N–H and O–H groups in total. The van der Waals surface area contributed by atoms with Crippen molar-refractivity contribution in [3.05, 3.63) is 18.5 Å². The molecule has 1 saturated heterocycles. The van der Waals surface area contributed by atoms with Gasteiger partial charge in [0.15, 0.2) is 0 Å². The molecule has 6 nitrogen and oxygen atoms in total. The van der Waals surface area contributed by atoms with Crippen LogP contribution in [0.25, 0.3) is 0 Å². The van der Waals surface area contributed by atoms with Gasteiger partial charge in [-0.3, -0.25) is 19.2 Å². The van der Waals surface area contributed by atoms with E-state index in [1.807, 2.05) is 16.9 Å². The molecule has 2 rings (SSSR count). The minimum atomic E-state index is -0.342. The van der Waals surface area contributed by atoms with Gasteiger partial charge in [-0.05, 0) is 19.0 Å². The molecule has 0 bridgehead atoms. The third kappa shape index (κ3) is 2.71. The van der Waals surface area contributed by atoms with Gasteiger partial charge in [-0.15, -0.1) is 0 Å². The molecule has 1 aliphatic rings. The van der Waals surface area contributed by atoms with Crippen LogP contribution in [0.2, 0.25) is 0 Å². The Labute approximate surface area is 99.6 Å². The van der Waals surface area contributed by atoms with Crippen molar-refractivity contribution in [2.45, 2.75) is 25.4 Å². The second-order valence-corrected chi connectivity index (χ2v) is 4.12. The smallest absolute Gasteiger partial charge is 0.246 e. The van der Waals surface area contributed by atoms with Crippen molar-refractivity contribution in [1.82, 2.24) is 20.0 Å².